The number of urea groups is 1. The number of hydrogen-bond donors (Lipinski definition) is 2. The largest absolute Gasteiger partial charge is 0.487 e. The molecule has 2 N–H and O–H groups in total. The zero-order chi connectivity index (χ0) is 26.9. The fourth-order valence-corrected chi connectivity index (χ4v) is 6.03. The van der Waals surface area contributed by atoms with Gasteiger partial charge in [-0.15, -0.1) is 0 Å². The molecule has 3 aromatic rings. The first-order valence-corrected chi connectivity index (χ1v) is 13.3. The SMILES string of the molecule is O=C1NC(=O)N(c2ccc(Cl)cc2Cl)C(=O)C1=Cc1cc(I)c(OCc2ccc(C(=O)O)cc2)c(I)c1. The van der Waals surface area contributed by atoms with Crippen LogP contribution in [-0.2, 0) is 16.2 Å². The van der Waals surface area contributed by atoms with Gasteiger partial charge in [0.05, 0.1) is 23.4 Å². The maximum Gasteiger partial charge on any atom is 0.335 e. The Labute approximate surface area is 247 Å². The van der Waals surface area contributed by atoms with Crippen molar-refractivity contribution in [2.75, 3.05) is 4.90 Å². The number of nitrogens with one attached hydrogen (secondary N) is 1. The van der Waals surface area contributed by atoms with Crippen molar-refractivity contribution < 1.29 is 29.0 Å². The molecule has 1 fully saturated rings. The second-order valence-electron chi connectivity index (χ2n) is 7.66. The van der Waals surface area contributed by atoms with Crippen molar-refractivity contribution in [2.24, 2.45) is 0 Å². The summed E-state index contributed by atoms with van der Waals surface area (Å²) in [5.41, 5.74) is 1.37. The van der Waals surface area contributed by atoms with Crippen LogP contribution in [0, 0.1) is 7.14 Å². The summed E-state index contributed by atoms with van der Waals surface area (Å²) >= 11 is 16.3. The average molecular weight is 763 g/mol. The topological polar surface area (TPSA) is 113 Å². The summed E-state index contributed by atoms with van der Waals surface area (Å²) in [6, 6.07) is 13.2. The number of rotatable bonds is 6. The van der Waals surface area contributed by atoms with Gasteiger partial charge in [0.25, 0.3) is 11.8 Å². The molecular weight excluding hydrogens is 749 g/mol. The van der Waals surface area contributed by atoms with Gasteiger partial charge in [-0.2, -0.15) is 0 Å². The van der Waals surface area contributed by atoms with Crippen LogP contribution < -0.4 is 15.0 Å². The number of nitrogens with zero attached hydrogens (tertiary/aromatic N) is 1. The van der Waals surface area contributed by atoms with E-state index in [2.05, 4.69) is 50.5 Å². The molecule has 0 radical (unpaired) electrons. The molecule has 0 saturated carbocycles. The number of benzene rings is 3. The van der Waals surface area contributed by atoms with Crippen molar-refractivity contribution in [1.29, 1.82) is 0 Å². The van der Waals surface area contributed by atoms with E-state index in [0.717, 1.165) is 17.6 Å². The summed E-state index contributed by atoms with van der Waals surface area (Å²) < 4.78 is 7.38. The molecule has 0 aromatic heterocycles. The lowest BCUT2D eigenvalue weighted by molar-refractivity contribution is -0.122. The van der Waals surface area contributed by atoms with Gasteiger partial charge in [-0.1, -0.05) is 35.3 Å². The Bertz CT molecular complexity index is 1470. The first-order valence-electron chi connectivity index (χ1n) is 10.4. The van der Waals surface area contributed by atoms with Crippen LogP contribution >= 0.6 is 68.4 Å². The quantitative estimate of drug-likeness (QED) is 0.177. The predicted octanol–water partition coefficient (Wildman–Crippen LogP) is 6.15. The molecule has 1 heterocycles. The van der Waals surface area contributed by atoms with E-state index < -0.39 is 23.8 Å². The van der Waals surface area contributed by atoms with Crippen molar-refractivity contribution in [3.05, 3.63) is 94.0 Å². The third-order valence-corrected chi connectivity index (χ3v) is 7.31. The van der Waals surface area contributed by atoms with E-state index in [4.69, 9.17) is 33.0 Å². The first-order chi connectivity index (χ1) is 17.5. The second kappa shape index (κ2) is 11.4. The molecule has 1 saturated heterocycles. The smallest absolute Gasteiger partial charge is 0.335 e. The van der Waals surface area contributed by atoms with Gasteiger partial charge in [0, 0.05) is 5.02 Å². The lowest BCUT2D eigenvalue weighted by atomic mass is 10.1. The Balaban J connectivity index is 1.59. The van der Waals surface area contributed by atoms with E-state index in [1.54, 1.807) is 24.3 Å². The summed E-state index contributed by atoms with van der Waals surface area (Å²) in [4.78, 5) is 50.0. The van der Waals surface area contributed by atoms with Crippen molar-refractivity contribution in [3.63, 3.8) is 0 Å². The summed E-state index contributed by atoms with van der Waals surface area (Å²) in [5, 5.41) is 11.6. The molecule has 0 aliphatic carbocycles. The third-order valence-electron chi connectivity index (χ3n) is 5.17. The Hall–Kier alpha value is -2.68. The Morgan fingerprint density at radius 2 is 1.65 bits per heavy atom. The van der Waals surface area contributed by atoms with Gasteiger partial charge in [-0.25, -0.2) is 14.5 Å². The Kier molecular flexibility index (Phi) is 8.41. The van der Waals surface area contributed by atoms with Crippen LogP contribution in [0.2, 0.25) is 10.0 Å². The van der Waals surface area contributed by atoms with Gasteiger partial charge in [-0.3, -0.25) is 14.9 Å². The number of halogens is 4. The van der Waals surface area contributed by atoms with Crippen LogP contribution in [0.4, 0.5) is 10.5 Å². The summed E-state index contributed by atoms with van der Waals surface area (Å²) in [6.45, 7) is 0.214. The minimum Gasteiger partial charge on any atom is -0.487 e. The van der Waals surface area contributed by atoms with Gasteiger partial charge in [0.1, 0.15) is 17.9 Å². The maximum atomic E-state index is 13.2. The number of ether oxygens (including phenoxy) is 1. The second-order valence-corrected chi connectivity index (χ2v) is 10.8. The minimum atomic E-state index is -1.00. The number of hydrogen-bond acceptors (Lipinski definition) is 5. The summed E-state index contributed by atoms with van der Waals surface area (Å²) in [6.07, 6.45) is 1.39. The lowest BCUT2D eigenvalue weighted by Crippen LogP contribution is -2.54. The molecule has 8 nitrogen and oxygen atoms in total. The van der Waals surface area contributed by atoms with Crippen LogP contribution in [-0.4, -0.2) is 28.9 Å². The van der Waals surface area contributed by atoms with Crippen molar-refractivity contribution in [3.8, 4) is 5.75 Å². The lowest BCUT2D eigenvalue weighted by Gasteiger charge is -2.27. The van der Waals surface area contributed by atoms with Crippen LogP contribution in [0.3, 0.4) is 0 Å². The van der Waals surface area contributed by atoms with Gasteiger partial charge in [0.2, 0.25) is 0 Å². The molecule has 4 amide bonds. The molecule has 0 spiro atoms. The Morgan fingerprint density at radius 3 is 2.24 bits per heavy atom. The highest BCUT2D eigenvalue weighted by Crippen LogP contribution is 2.33. The van der Waals surface area contributed by atoms with Gasteiger partial charge >= 0.3 is 12.0 Å². The summed E-state index contributed by atoms with van der Waals surface area (Å²) in [5.74, 6) is -2.07. The molecule has 0 unspecified atom stereocenters. The normalized spacial score (nSPS) is 14.6. The molecule has 4 rings (SSSR count). The van der Waals surface area contributed by atoms with E-state index >= 15 is 0 Å². The van der Waals surface area contributed by atoms with E-state index in [0.29, 0.717) is 16.3 Å². The molecule has 3 aromatic carbocycles. The van der Waals surface area contributed by atoms with E-state index in [-0.39, 0.29) is 28.5 Å². The average Bonchev–Trinajstić information content (AvgIpc) is 2.82. The molecule has 1 aliphatic heterocycles. The van der Waals surface area contributed by atoms with E-state index in [9.17, 15) is 19.2 Å². The molecule has 0 bridgehead atoms. The highest BCUT2D eigenvalue weighted by atomic mass is 127. The van der Waals surface area contributed by atoms with Crippen molar-refractivity contribution >= 4 is 104 Å². The predicted molar refractivity (Wildman–Crippen MR) is 155 cm³/mol. The Morgan fingerprint density at radius 1 is 1.00 bits per heavy atom. The minimum absolute atomic E-state index is 0.0768. The molecular formula is C25H14Cl2I2N2O6. The van der Waals surface area contributed by atoms with Crippen molar-refractivity contribution in [2.45, 2.75) is 6.61 Å². The zero-order valence-electron chi connectivity index (χ0n) is 18.4. The number of imide groups is 2. The van der Waals surface area contributed by atoms with Gasteiger partial charge < -0.3 is 9.84 Å². The van der Waals surface area contributed by atoms with E-state index in [1.165, 1.54) is 36.4 Å². The van der Waals surface area contributed by atoms with Crippen LogP contribution in [0.5, 0.6) is 5.75 Å². The standard InChI is InChI=1S/C25H14Cl2I2N2O6/c26-15-5-6-20(17(27)10-15)31-23(33)16(22(32)30-25(31)36)7-13-8-18(28)21(19(29)9-13)37-11-12-1-3-14(4-2-12)24(34)35/h1-10H,11H2,(H,34,35)(H,30,32,36). The number of carboxylic acid groups (broad SMARTS) is 1. The number of carbonyl (C=O) groups excluding carboxylic acids is 3. The zero-order valence-corrected chi connectivity index (χ0v) is 24.3. The molecule has 0 atom stereocenters. The fourth-order valence-electron chi connectivity index (χ4n) is 3.41. The molecule has 188 valence electrons. The molecule has 37 heavy (non-hydrogen) atoms. The third kappa shape index (κ3) is 6.08. The number of carboxylic acids is 1. The van der Waals surface area contributed by atoms with Gasteiger partial charge in [-0.05, 0) is 105 Å². The highest BCUT2D eigenvalue weighted by Gasteiger charge is 2.37. The fraction of sp³-hybridized carbons (Fsp3) is 0.0400. The van der Waals surface area contributed by atoms with Crippen LogP contribution in [0.15, 0.2) is 60.2 Å². The summed E-state index contributed by atoms with van der Waals surface area (Å²) in [7, 11) is 0. The van der Waals surface area contributed by atoms with Gasteiger partial charge in [0.15, 0.2) is 0 Å². The molecule has 12 heteroatoms. The number of barbiturate groups is 1. The van der Waals surface area contributed by atoms with Crippen molar-refractivity contribution in [1.82, 2.24) is 5.32 Å². The number of carbonyl (C=O) groups is 4. The number of amides is 4. The maximum absolute atomic E-state index is 13.2. The highest BCUT2D eigenvalue weighted by molar-refractivity contribution is 14.1. The van der Waals surface area contributed by atoms with Crippen LogP contribution in [0.25, 0.3) is 6.08 Å². The number of aromatic carboxylic acids is 1. The van der Waals surface area contributed by atoms with E-state index in [1.807, 2.05) is 0 Å². The molecule has 1 aliphatic rings. The first kappa shape index (κ1) is 27.4. The number of anilines is 1. The van der Waals surface area contributed by atoms with Crippen LogP contribution in [0.1, 0.15) is 21.5 Å². The monoisotopic (exact) mass is 762 g/mol.